The number of non-ortho nitro benzene ring substituents is 1. The van der Waals surface area contributed by atoms with Crippen LogP contribution in [0.4, 0.5) is 5.69 Å². The zero-order valence-corrected chi connectivity index (χ0v) is 10.1. The molecule has 0 saturated heterocycles. The monoisotopic (exact) mass is 259 g/mol. The van der Waals surface area contributed by atoms with E-state index in [2.05, 4.69) is 5.32 Å². The highest BCUT2D eigenvalue weighted by atomic mass is 35.5. The van der Waals surface area contributed by atoms with E-state index in [0.29, 0.717) is 24.2 Å². The average Bonchev–Trinajstić information content (AvgIpc) is 2.26. The SMILES string of the molecule is Cc1ccc([N+](=O)[O-])cc1C(=O)NCCN.Cl. The predicted octanol–water partition coefficient (Wildman–Crippen LogP) is 1.01. The van der Waals surface area contributed by atoms with Gasteiger partial charge in [0, 0.05) is 30.8 Å². The molecule has 0 aliphatic rings. The summed E-state index contributed by atoms with van der Waals surface area (Å²) in [7, 11) is 0. The zero-order chi connectivity index (χ0) is 12.1. The maximum absolute atomic E-state index is 11.6. The maximum atomic E-state index is 11.6. The van der Waals surface area contributed by atoms with Gasteiger partial charge in [-0.1, -0.05) is 6.07 Å². The van der Waals surface area contributed by atoms with Gasteiger partial charge in [0.1, 0.15) is 0 Å². The van der Waals surface area contributed by atoms with Crippen molar-refractivity contribution >= 4 is 24.0 Å². The standard InChI is InChI=1S/C10H13N3O3.ClH/c1-7-2-3-8(13(15)16)6-9(7)10(14)12-5-4-11;/h2-3,6H,4-5,11H2,1H3,(H,12,14);1H. The Morgan fingerprint density at radius 3 is 2.71 bits per heavy atom. The van der Waals surface area contributed by atoms with Gasteiger partial charge in [0.15, 0.2) is 0 Å². The highest BCUT2D eigenvalue weighted by molar-refractivity contribution is 5.96. The second-order valence-corrected chi connectivity index (χ2v) is 3.30. The van der Waals surface area contributed by atoms with Crippen LogP contribution in [0.1, 0.15) is 15.9 Å². The molecule has 94 valence electrons. The first-order valence-electron chi connectivity index (χ1n) is 4.79. The molecule has 17 heavy (non-hydrogen) atoms. The molecule has 7 heteroatoms. The van der Waals surface area contributed by atoms with Gasteiger partial charge in [-0.05, 0) is 12.5 Å². The lowest BCUT2D eigenvalue weighted by Gasteiger charge is -2.06. The second-order valence-electron chi connectivity index (χ2n) is 3.30. The van der Waals surface area contributed by atoms with Crippen molar-refractivity contribution in [1.82, 2.24) is 5.32 Å². The lowest BCUT2D eigenvalue weighted by atomic mass is 10.1. The van der Waals surface area contributed by atoms with E-state index in [4.69, 9.17) is 5.73 Å². The van der Waals surface area contributed by atoms with Gasteiger partial charge in [-0.3, -0.25) is 14.9 Å². The fourth-order valence-electron chi connectivity index (χ4n) is 1.25. The van der Waals surface area contributed by atoms with Crippen molar-refractivity contribution in [3.8, 4) is 0 Å². The average molecular weight is 260 g/mol. The van der Waals surface area contributed by atoms with Crippen molar-refractivity contribution in [2.24, 2.45) is 5.73 Å². The van der Waals surface area contributed by atoms with Crippen molar-refractivity contribution in [3.63, 3.8) is 0 Å². The Hall–Kier alpha value is -1.66. The molecular formula is C10H14ClN3O3. The Bertz CT molecular complexity index is 423. The molecule has 1 amide bonds. The van der Waals surface area contributed by atoms with E-state index < -0.39 is 4.92 Å². The van der Waals surface area contributed by atoms with Crippen LogP contribution in [0.2, 0.25) is 0 Å². The first-order valence-corrected chi connectivity index (χ1v) is 4.79. The quantitative estimate of drug-likeness (QED) is 0.623. The molecule has 0 aliphatic carbocycles. The maximum Gasteiger partial charge on any atom is 0.270 e. The number of nitrogens with zero attached hydrogens (tertiary/aromatic N) is 1. The summed E-state index contributed by atoms with van der Waals surface area (Å²) in [6.07, 6.45) is 0. The number of benzene rings is 1. The van der Waals surface area contributed by atoms with E-state index in [1.165, 1.54) is 12.1 Å². The number of nitro groups is 1. The van der Waals surface area contributed by atoms with E-state index in [1.54, 1.807) is 13.0 Å². The largest absolute Gasteiger partial charge is 0.351 e. The van der Waals surface area contributed by atoms with E-state index >= 15 is 0 Å². The van der Waals surface area contributed by atoms with Crippen LogP contribution in [0.3, 0.4) is 0 Å². The first kappa shape index (κ1) is 15.3. The van der Waals surface area contributed by atoms with Crippen molar-refractivity contribution in [2.75, 3.05) is 13.1 Å². The van der Waals surface area contributed by atoms with Crippen LogP contribution in [-0.2, 0) is 0 Å². The van der Waals surface area contributed by atoms with E-state index in [9.17, 15) is 14.9 Å². The smallest absolute Gasteiger partial charge is 0.270 e. The third kappa shape index (κ3) is 4.01. The number of hydrogen-bond donors (Lipinski definition) is 2. The molecule has 3 N–H and O–H groups in total. The fourth-order valence-corrected chi connectivity index (χ4v) is 1.25. The molecule has 0 heterocycles. The molecule has 0 atom stereocenters. The Morgan fingerprint density at radius 2 is 2.18 bits per heavy atom. The molecular weight excluding hydrogens is 246 g/mol. The minimum absolute atomic E-state index is 0. The Labute approximate surface area is 105 Å². The number of rotatable bonds is 4. The summed E-state index contributed by atoms with van der Waals surface area (Å²) in [5.74, 6) is -0.341. The van der Waals surface area contributed by atoms with Gasteiger partial charge in [-0.15, -0.1) is 12.4 Å². The summed E-state index contributed by atoms with van der Waals surface area (Å²) in [5.41, 5.74) is 6.16. The minimum Gasteiger partial charge on any atom is -0.351 e. The summed E-state index contributed by atoms with van der Waals surface area (Å²) in [6, 6.07) is 4.19. The van der Waals surface area contributed by atoms with E-state index in [0.717, 1.165) is 0 Å². The third-order valence-corrected chi connectivity index (χ3v) is 2.11. The molecule has 6 nitrogen and oxygen atoms in total. The van der Waals surface area contributed by atoms with Crippen LogP contribution in [0.5, 0.6) is 0 Å². The highest BCUT2D eigenvalue weighted by Gasteiger charge is 2.13. The van der Waals surface area contributed by atoms with Crippen LogP contribution in [0.15, 0.2) is 18.2 Å². The first-order chi connectivity index (χ1) is 7.56. The molecule has 0 radical (unpaired) electrons. The van der Waals surface area contributed by atoms with Crippen LogP contribution in [0.25, 0.3) is 0 Å². The van der Waals surface area contributed by atoms with Crippen molar-refractivity contribution in [1.29, 1.82) is 0 Å². The number of aryl methyl sites for hydroxylation is 1. The molecule has 1 rings (SSSR count). The van der Waals surface area contributed by atoms with E-state index in [-0.39, 0.29) is 24.0 Å². The van der Waals surface area contributed by atoms with Crippen LogP contribution < -0.4 is 11.1 Å². The summed E-state index contributed by atoms with van der Waals surface area (Å²) in [5, 5.41) is 13.1. The van der Waals surface area contributed by atoms with Crippen LogP contribution >= 0.6 is 12.4 Å². The number of nitrogens with two attached hydrogens (primary N) is 1. The van der Waals surface area contributed by atoms with Gasteiger partial charge >= 0.3 is 0 Å². The fraction of sp³-hybridized carbons (Fsp3) is 0.300. The summed E-state index contributed by atoms with van der Waals surface area (Å²) < 4.78 is 0. The van der Waals surface area contributed by atoms with Gasteiger partial charge in [-0.25, -0.2) is 0 Å². The number of halogens is 1. The zero-order valence-electron chi connectivity index (χ0n) is 9.30. The van der Waals surface area contributed by atoms with Gasteiger partial charge < -0.3 is 11.1 Å². The van der Waals surface area contributed by atoms with Crippen molar-refractivity contribution < 1.29 is 9.72 Å². The molecule has 0 aromatic heterocycles. The Balaban J connectivity index is 0.00000256. The molecule has 1 aromatic carbocycles. The van der Waals surface area contributed by atoms with Gasteiger partial charge in [0.05, 0.1) is 4.92 Å². The normalized spacial score (nSPS) is 9.29. The van der Waals surface area contributed by atoms with Crippen LogP contribution in [-0.4, -0.2) is 23.9 Å². The highest BCUT2D eigenvalue weighted by Crippen LogP contribution is 2.16. The molecule has 0 aliphatic heterocycles. The second kappa shape index (κ2) is 6.82. The Morgan fingerprint density at radius 1 is 1.53 bits per heavy atom. The third-order valence-electron chi connectivity index (χ3n) is 2.11. The molecule has 1 aromatic rings. The lowest BCUT2D eigenvalue weighted by molar-refractivity contribution is -0.384. The van der Waals surface area contributed by atoms with Gasteiger partial charge in [0.2, 0.25) is 0 Å². The number of nitro benzene ring substituents is 1. The topological polar surface area (TPSA) is 98.3 Å². The lowest BCUT2D eigenvalue weighted by Crippen LogP contribution is -2.29. The number of amides is 1. The summed E-state index contributed by atoms with van der Waals surface area (Å²) >= 11 is 0. The minimum atomic E-state index is -0.529. The summed E-state index contributed by atoms with van der Waals surface area (Å²) in [4.78, 5) is 21.6. The van der Waals surface area contributed by atoms with Crippen LogP contribution in [0, 0.1) is 17.0 Å². The van der Waals surface area contributed by atoms with Crippen molar-refractivity contribution in [3.05, 3.63) is 39.4 Å². The number of carbonyl (C=O) groups excluding carboxylic acids is 1. The van der Waals surface area contributed by atoms with Gasteiger partial charge in [-0.2, -0.15) is 0 Å². The Kier molecular flexibility index (Phi) is 6.16. The van der Waals surface area contributed by atoms with E-state index in [1.807, 2.05) is 0 Å². The van der Waals surface area contributed by atoms with Crippen molar-refractivity contribution in [2.45, 2.75) is 6.92 Å². The summed E-state index contributed by atoms with van der Waals surface area (Å²) in [6.45, 7) is 2.40. The number of hydrogen-bond acceptors (Lipinski definition) is 4. The number of carbonyl (C=O) groups is 1. The molecule has 0 bridgehead atoms. The van der Waals surface area contributed by atoms with Gasteiger partial charge in [0.25, 0.3) is 11.6 Å². The predicted molar refractivity (Wildman–Crippen MR) is 66.5 cm³/mol. The molecule has 0 unspecified atom stereocenters. The number of nitrogens with one attached hydrogen (secondary N) is 1. The molecule has 0 spiro atoms. The molecule has 0 saturated carbocycles. The molecule has 0 fully saturated rings.